The van der Waals surface area contributed by atoms with Gasteiger partial charge in [-0.1, -0.05) is 97.1 Å². The van der Waals surface area contributed by atoms with Crippen LogP contribution in [0.4, 0.5) is 0 Å². The van der Waals surface area contributed by atoms with Crippen molar-refractivity contribution in [3.63, 3.8) is 0 Å². The molecule has 35 heavy (non-hydrogen) atoms. The molecule has 7 aromatic rings. The van der Waals surface area contributed by atoms with E-state index >= 15 is 0 Å². The molecule has 3 aromatic heterocycles. The minimum atomic E-state index is 0.895. The molecule has 0 amide bonds. The molecular weight excluding hydrogens is 448 g/mol. The van der Waals surface area contributed by atoms with Crippen molar-refractivity contribution in [2.24, 2.45) is 0 Å². The first-order valence-electron chi connectivity index (χ1n) is 11.6. The average Bonchev–Trinajstić information content (AvgIpc) is 3.66. The van der Waals surface area contributed by atoms with E-state index in [-0.39, 0.29) is 0 Å². The Bertz CT molecular complexity index is 1770. The van der Waals surface area contributed by atoms with Crippen molar-refractivity contribution >= 4 is 33.3 Å². The van der Waals surface area contributed by atoms with Gasteiger partial charge in [-0.3, -0.25) is 0 Å². The Morgan fingerprint density at radius 2 is 0.971 bits per heavy atom. The summed E-state index contributed by atoms with van der Waals surface area (Å²) >= 11 is 1.70. The number of para-hydroxylation sites is 2. The van der Waals surface area contributed by atoms with Crippen molar-refractivity contribution in [3.05, 3.63) is 121 Å². The van der Waals surface area contributed by atoms with Crippen LogP contribution in [-0.2, 0) is 0 Å². The van der Waals surface area contributed by atoms with Crippen LogP contribution in [-0.4, -0.2) is 0 Å². The lowest BCUT2D eigenvalue weighted by Crippen LogP contribution is -1.83. The third kappa shape index (κ3) is 3.32. The fourth-order valence-electron chi connectivity index (χ4n) is 4.84. The number of furan rings is 2. The summed E-state index contributed by atoms with van der Waals surface area (Å²) in [7, 11) is 0. The fourth-order valence-corrected chi connectivity index (χ4v) is 5.55. The summed E-state index contributed by atoms with van der Waals surface area (Å²) in [5, 5.41) is 4.33. The summed E-state index contributed by atoms with van der Waals surface area (Å²) in [5.74, 6) is 1.82. The average molecular weight is 469 g/mol. The summed E-state index contributed by atoms with van der Waals surface area (Å²) in [6.07, 6.45) is 0. The van der Waals surface area contributed by atoms with E-state index in [0.29, 0.717) is 0 Å². The molecule has 0 saturated heterocycles. The van der Waals surface area contributed by atoms with Crippen LogP contribution in [0.15, 0.2) is 129 Å². The molecule has 0 unspecified atom stereocenters. The third-order valence-electron chi connectivity index (χ3n) is 6.43. The number of hydrogen-bond acceptors (Lipinski definition) is 3. The number of thiophene rings is 1. The Balaban J connectivity index is 1.41. The summed E-state index contributed by atoms with van der Waals surface area (Å²) in [4.78, 5) is 1.13. The van der Waals surface area contributed by atoms with Crippen molar-refractivity contribution in [2.45, 2.75) is 0 Å². The molecule has 0 radical (unpaired) electrons. The van der Waals surface area contributed by atoms with Crippen LogP contribution >= 0.6 is 11.3 Å². The van der Waals surface area contributed by atoms with Gasteiger partial charge < -0.3 is 8.83 Å². The second-order valence-electron chi connectivity index (χ2n) is 8.53. The number of fused-ring (bicyclic) bond motifs is 2. The highest BCUT2D eigenvalue weighted by Crippen LogP contribution is 2.44. The summed E-state index contributed by atoms with van der Waals surface area (Å²) < 4.78 is 12.7. The fraction of sp³-hybridized carbons (Fsp3) is 0. The van der Waals surface area contributed by atoms with Gasteiger partial charge in [0.15, 0.2) is 5.76 Å². The highest BCUT2D eigenvalue weighted by atomic mass is 32.1. The topological polar surface area (TPSA) is 26.3 Å². The number of benzene rings is 4. The molecule has 0 spiro atoms. The van der Waals surface area contributed by atoms with Gasteiger partial charge in [-0.25, -0.2) is 0 Å². The SMILES string of the molecule is c1ccc(-c2oc3ccccc3c2-c2ccc(-c3c(-c4cccs4)oc4ccccc34)cc2)cc1. The second-order valence-corrected chi connectivity index (χ2v) is 9.47. The first-order chi connectivity index (χ1) is 17.4. The van der Waals surface area contributed by atoms with Gasteiger partial charge in [0.1, 0.15) is 16.9 Å². The zero-order valence-electron chi connectivity index (χ0n) is 18.8. The molecule has 2 nitrogen and oxygen atoms in total. The highest BCUT2D eigenvalue weighted by Gasteiger charge is 2.20. The lowest BCUT2D eigenvalue weighted by atomic mass is 9.95. The predicted molar refractivity (Wildman–Crippen MR) is 146 cm³/mol. The molecule has 3 heterocycles. The molecule has 0 fully saturated rings. The Hall–Kier alpha value is -4.34. The standard InChI is InChI=1S/C32H20O2S/c1-2-9-23(10-3-1)31-29(24-11-4-6-13-26(24)33-31)21-16-18-22(19-17-21)30-25-12-5-7-14-27(25)34-32(30)28-15-8-20-35-28/h1-20H. The first kappa shape index (κ1) is 20.1. The van der Waals surface area contributed by atoms with Gasteiger partial charge in [-0.15, -0.1) is 11.3 Å². The van der Waals surface area contributed by atoms with Crippen LogP contribution in [0.25, 0.3) is 66.2 Å². The largest absolute Gasteiger partial charge is 0.455 e. The number of hydrogen-bond donors (Lipinski definition) is 0. The molecule has 7 rings (SSSR count). The minimum Gasteiger partial charge on any atom is -0.455 e. The van der Waals surface area contributed by atoms with Crippen molar-refractivity contribution in [3.8, 4) is 44.2 Å². The summed E-state index contributed by atoms with van der Waals surface area (Å²) in [6.45, 7) is 0. The van der Waals surface area contributed by atoms with E-state index in [1.54, 1.807) is 11.3 Å². The minimum absolute atomic E-state index is 0.895. The van der Waals surface area contributed by atoms with Gasteiger partial charge in [0.25, 0.3) is 0 Å². The molecule has 3 heteroatoms. The van der Waals surface area contributed by atoms with Crippen molar-refractivity contribution in [1.29, 1.82) is 0 Å². The smallest absolute Gasteiger partial charge is 0.153 e. The van der Waals surface area contributed by atoms with Crippen LogP contribution in [0, 0.1) is 0 Å². The van der Waals surface area contributed by atoms with Gasteiger partial charge in [0.2, 0.25) is 0 Å². The molecule has 166 valence electrons. The lowest BCUT2D eigenvalue weighted by Gasteiger charge is -2.07. The van der Waals surface area contributed by atoms with Gasteiger partial charge in [0.05, 0.1) is 4.88 Å². The molecular formula is C32H20O2S. The van der Waals surface area contributed by atoms with Gasteiger partial charge >= 0.3 is 0 Å². The van der Waals surface area contributed by atoms with E-state index in [2.05, 4.69) is 78.2 Å². The van der Waals surface area contributed by atoms with Crippen LogP contribution in [0.2, 0.25) is 0 Å². The van der Waals surface area contributed by atoms with E-state index in [1.807, 2.05) is 42.5 Å². The Morgan fingerprint density at radius 1 is 0.429 bits per heavy atom. The Labute approximate surface area is 206 Å². The Morgan fingerprint density at radius 3 is 1.57 bits per heavy atom. The predicted octanol–water partition coefficient (Wildman–Crippen LogP) is 9.91. The van der Waals surface area contributed by atoms with Gasteiger partial charge in [-0.05, 0) is 34.7 Å². The zero-order chi connectivity index (χ0) is 23.2. The molecule has 4 aromatic carbocycles. The molecule has 0 N–H and O–H groups in total. The molecule has 0 bridgehead atoms. The maximum Gasteiger partial charge on any atom is 0.153 e. The lowest BCUT2D eigenvalue weighted by molar-refractivity contribution is 0.632. The van der Waals surface area contributed by atoms with Crippen molar-refractivity contribution in [1.82, 2.24) is 0 Å². The molecule has 0 saturated carbocycles. The molecule has 0 aliphatic carbocycles. The van der Waals surface area contributed by atoms with Crippen molar-refractivity contribution < 1.29 is 8.83 Å². The van der Waals surface area contributed by atoms with E-state index < -0.39 is 0 Å². The zero-order valence-corrected chi connectivity index (χ0v) is 19.6. The van der Waals surface area contributed by atoms with Crippen LogP contribution in [0.5, 0.6) is 0 Å². The van der Waals surface area contributed by atoms with Crippen LogP contribution in [0.3, 0.4) is 0 Å². The van der Waals surface area contributed by atoms with Crippen LogP contribution in [0.1, 0.15) is 0 Å². The van der Waals surface area contributed by atoms with Gasteiger partial charge in [-0.2, -0.15) is 0 Å². The Kier molecular flexibility index (Phi) is 4.68. The maximum absolute atomic E-state index is 6.35. The normalized spacial score (nSPS) is 11.4. The second kappa shape index (κ2) is 8.15. The maximum atomic E-state index is 6.35. The monoisotopic (exact) mass is 468 g/mol. The summed E-state index contributed by atoms with van der Waals surface area (Å²) in [5.41, 5.74) is 7.39. The quantitative estimate of drug-likeness (QED) is 0.257. The van der Waals surface area contributed by atoms with E-state index in [4.69, 9.17) is 8.83 Å². The third-order valence-corrected chi connectivity index (χ3v) is 7.30. The number of rotatable bonds is 4. The molecule has 0 aliphatic heterocycles. The molecule has 0 atom stereocenters. The van der Waals surface area contributed by atoms with Crippen LogP contribution < -0.4 is 0 Å². The van der Waals surface area contributed by atoms with E-state index in [1.165, 1.54) is 0 Å². The van der Waals surface area contributed by atoms with E-state index in [0.717, 1.165) is 66.2 Å². The van der Waals surface area contributed by atoms with E-state index in [9.17, 15) is 0 Å². The first-order valence-corrected chi connectivity index (χ1v) is 12.5. The van der Waals surface area contributed by atoms with Gasteiger partial charge in [0, 0.05) is 27.5 Å². The van der Waals surface area contributed by atoms with Crippen molar-refractivity contribution in [2.75, 3.05) is 0 Å². The summed E-state index contributed by atoms with van der Waals surface area (Å²) in [6, 6.07) is 39.8. The molecule has 0 aliphatic rings. The highest BCUT2D eigenvalue weighted by molar-refractivity contribution is 7.13.